The van der Waals surface area contributed by atoms with Crippen LogP contribution in [0.3, 0.4) is 0 Å². The molecule has 0 saturated carbocycles. The van der Waals surface area contributed by atoms with Crippen LogP contribution in [-0.4, -0.2) is 78.2 Å². The van der Waals surface area contributed by atoms with Crippen LogP contribution in [0.25, 0.3) is 0 Å². The molecule has 0 bridgehead atoms. The molecular formula is C28H32FN3O5. The molecule has 0 radical (unpaired) electrons. The summed E-state index contributed by atoms with van der Waals surface area (Å²) in [6.07, 6.45) is 2.55. The molecular weight excluding hydrogens is 477 g/mol. The van der Waals surface area contributed by atoms with Crippen LogP contribution < -0.4 is 5.32 Å². The minimum Gasteiger partial charge on any atom is -0.376 e. The van der Waals surface area contributed by atoms with Gasteiger partial charge in [-0.25, -0.2) is 4.39 Å². The van der Waals surface area contributed by atoms with E-state index in [0.717, 1.165) is 18.4 Å². The zero-order valence-electron chi connectivity index (χ0n) is 21.0. The van der Waals surface area contributed by atoms with Crippen molar-refractivity contribution in [2.24, 2.45) is 0 Å². The standard InChI is InChI=1S/C28H32FN3O5/c1-19-5-2-6-20(15-19)27(35)32-24(25(33)30-17-23-9-4-14-36-23)18-37-28(32)10-12-31(13-11-28)26(34)21-7-3-8-22(29)16-21/h2-3,5-8,15-16,23-24H,4,9-14,17-18H2,1H3,(H,30,33). The van der Waals surface area contributed by atoms with E-state index in [0.29, 0.717) is 44.6 Å². The first kappa shape index (κ1) is 25.4. The second kappa shape index (κ2) is 10.6. The van der Waals surface area contributed by atoms with Crippen LogP contribution in [0.1, 0.15) is 52.0 Å². The average Bonchev–Trinajstić information content (AvgIpc) is 3.55. The third kappa shape index (κ3) is 5.24. The summed E-state index contributed by atoms with van der Waals surface area (Å²) in [5, 5.41) is 2.95. The fourth-order valence-corrected chi connectivity index (χ4v) is 5.48. The van der Waals surface area contributed by atoms with E-state index < -0.39 is 17.6 Å². The average molecular weight is 510 g/mol. The van der Waals surface area contributed by atoms with Gasteiger partial charge in [0.25, 0.3) is 11.8 Å². The summed E-state index contributed by atoms with van der Waals surface area (Å²) in [6.45, 7) is 3.71. The van der Waals surface area contributed by atoms with E-state index in [-0.39, 0.29) is 36.0 Å². The number of ether oxygens (including phenoxy) is 2. The number of likely N-dealkylation sites (tertiary alicyclic amines) is 1. The zero-order valence-corrected chi connectivity index (χ0v) is 21.0. The molecule has 3 saturated heterocycles. The second-order valence-corrected chi connectivity index (χ2v) is 10.0. The molecule has 3 fully saturated rings. The number of hydrogen-bond acceptors (Lipinski definition) is 5. The Morgan fingerprint density at radius 2 is 1.78 bits per heavy atom. The summed E-state index contributed by atoms with van der Waals surface area (Å²) in [7, 11) is 0. The number of hydrogen-bond donors (Lipinski definition) is 1. The molecule has 3 aliphatic rings. The Balaban J connectivity index is 1.35. The van der Waals surface area contributed by atoms with Crippen molar-refractivity contribution in [3.8, 4) is 0 Å². The molecule has 0 aromatic heterocycles. The second-order valence-electron chi connectivity index (χ2n) is 10.0. The number of nitrogens with zero attached hydrogens (tertiary/aromatic N) is 2. The molecule has 1 N–H and O–H groups in total. The monoisotopic (exact) mass is 509 g/mol. The van der Waals surface area contributed by atoms with Gasteiger partial charge in [0.05, 0.1) is 12.7 Å². The lowest BCUT2D eigenvalue weighted by atomic mass is 9.95. The van der Waals surface area contributed by atoms with Crippen LogP contribution in [0.15, 0.2) is 48.5 Å². The molecule has 3 heterocycles. The molecule has 3 aliphatic heterocycles. The Morgan fingerprint density at radius 3 is 2.46 bits per heavy atom. The van der Waals surface area contributed by atoms with Crippen molar-refractivity contribution in [3.63, 3.8) is 0 Å². The van der Waals surface area contributed by atoms with Gasteiger partial charge in [-0.1, -0.05) is 23.8 Å². The molecule has 3 amide bonds. The maximum atomic E-state index is 13.8. The summed E-state index contributed by atoms with van der Waals surface area (Å²) >= 11 is 0. The van der Waals surface area contributed by atoms with Crippen molar-refractivity contribution in [2.75, 3.05) is 32.8 Å². The lowest BCUT2D eigenvalue weighted by Gasteiger charge is -2.44. The molecule has 37 heavy (non-hydrogen) atoms. The van der Waals surface area contributed by atoms with Crippen LogP contribution in [0.2, 0.25) is 0 Å². The van der Waals surface area contributed by atoms with Crippen LogP contribution in [0, 0.1) is 12.7 Å². The summed E-state index contributed by atoms with van der Waals surface area (Å²) in [6, 6.07) is 12.1. The topological polar surface area (TPSA) is 88.2 Å². The number of piperidine rings is 1. The van der Waals surface area contributed by atoms with Crippen molar-refractivity contribution in [1.29, 1.82) is 0 Å². The molecule has 2 aromatic rings. The van der Waals surface area contributed by atoms with Gasteiger partial charge in [0.15, 0.2) is 0 Å². The van der Waals surface area contributed by atoms with Crippen LogP contribution in [-0.2, 0) is 14.3 Å². The minimum absolute atomic E-state index is 0.0155. The number of aryl methyl sites for hydroxylation is 1. The van der Waals surface area contributed by atoms with E-state index in [4.69, 9.17) is 9.47 Å². The van der Waals surface area contributed by atoms with Gasteiger partial charge >= 0.3 is 0 Å². The third-order valence-electron chi connectivity index (χ3n) is 7.48. The Labute approximate surface area is 215 Å². The van der Waals surface area contributed by atoms with Gasteiger partial charge in [0.1, 0.15) is 17.6 Å². The van der Waals surface area contributed by atoms with Gasteiger partial charge in [-0.15, -0.1) is 0 Å². The molecule has 2 atom stereocenters. The van der Waals surface area contributed by atoms with Crippen LogP contribution >= 0.6 is 0 Å². The normalized spacial score (nSPS) is 22.9. The smallest absolute Gasteiger partial charge is 0.256 e. The van der Waals surface area contributed by atoms with Crippen molar-refractivity contribution in [3.05, 3.63) is 71.0 Å². The lowest BCUT2D eigenvalue weighted by molar-refractivity contribution is -0.128. The van der Waals surface area contributed by atoms with E-state index in [1.165, 1.54) is 18.2 Å². The maximum Gasteiger partial charge on any atom is 0.256 e. The van der Waals surface area contributed by atoms with Crippen molar-refractivity contribution >= 4 is 17.7 Å². The van der Waals surface area contributed by atoms with Gasteiger partial charge in [-0.2, -0.15) is 0 Å². The van der Waals surface area contributed by atoms with Crippen molar-refractivity contribution < 1.29 is 28.2 Å². The summed E-state index contributed by atoms with van der Waals surface area (Å²) in [4.78, 5) is 43.3. The van der Waals surface area contributed by atoms with E-state index in [2.05, 4.69) is 5.32 Å². The Morgan fingerprint density at radius 1 is 1.05 bits per heavy atom. The molecule has 2 unspecified atom stereocenters. The highest BCUT2D eigenvalue weighted by Crippen LogP contribution is 2.39. The number of carbonyl (C=O) groups excluding carboxylic acids is 3. The van der Waals surface area contributed by atoms with Gasteiger partial charge in [-0.05, 0) is 50.1 Å². The fourth-order valence-electron chi connectivity index (χ4n) is 5.48. The van der Waals surface area contributed by atoms with Gasteiger partial charge in [-0.3, -0.25) is 19.3 Å². The van der Waals surface area contributed by atoms with Crippen LogP contribution in [0.5, 0.6) is 0 Å². The quantitative estimate of drug-likeness (QED) is 0.670. The van der Waals surface area contributed by atoms with Gasteiger partial charge < -0.3 is 19.7 Å². The summed E-state index contributed by atoms with van der Waals surface area (Å²) < 4.78 is 25.5. The SMILES string of the molecule is Cc1cccc(C(=O)N2C(C(=O)NCC3CCCO3)COC23CCN(C(=O)c2cccc(F)c2)CC3)c1. The molecule has 5 rings (SSSR count). The minimum atomic E-state index is -1.01. The van der Waals surface area contributed by atoms with E-state index >= 15 is 0 Å². The highest BCUT2D eigenvalue weighted by Gasteiger charge is 2.54. The first-order valence-corrected chi connectivity index (χ1v) is 12.8. The van der Waals surface area contributed by atoms with E-state index in [1.807, 2.05) is 19.1 Å². The molecule has 1 spiro atoms. The number of halogens is 1. The number of carbonyl (C=O) groups is 3. The van der Waals surface area contributed by atoms with E-state index in [1.54, 1.807) is 28.0 Å². The maximum absolute atomic E-state index is 13.8. The fraction of sp³-hybridized carbons (Fsp3) is 0.464. The largest absolute Gasteiger partial charge is 0.376 e. The first-order valence-electron chi connectivity index (χ1n) is 12.8. The summed E-state index contributed by atoms with van der Waals surface area (Å²) in [5.74, 6) is -1.28. The zero-order chi connectivity index (χ0) is 26.0. The Bertz CT molecular complexity index is 1170. The number of nitrogens with one attached hydrogen (secondary N) is 1. The van der Waals surface area contributed by atoms with E-state index in [9.17, 15) is 18.8 Å². The summed E-state index contributed by atoms with van der Waals surface area (Å²) in [5.41, 5.74) is 0.697. The molecule has 0 aliphatic carbocycles. The van der Waals surface area contributed by atoms with Crippen molar-refractivity contribution in [2.45, 2.75) is 50.5 Å². The number of benzene rings is 2. The third-order valence-corrected chi connectivity index (χ3v) is 7.48. The number of amides is 3. The molecule has 196 valence electrons. The Hall–Kier alpha value is -3.30. The molecule has 9 heteroatoms. The molecule has 2 aromatic carbocycles. The lowest BCUT2D eigenvalue weighted by Crippen LogP contribution is -2.60. The van der Waals surface area contributed by atoms with Gasteiger partial charge in [0, 0.05) is 50.2 Å². The Kier molecular flexibility index (Phi) is 7.26. The predicted molar refractivity (Wildman–Crippen MR) is 133 cm³/mol. The highest BCUT2D eigenvalue weighted by atomic mass is 19.1. The highest BCUT2D eigenvalue weighted by molar-refractivity contribution is 5.99. The number of rotatable bonds is 5. The first-order chi connectivity index (χ1) is 17.9. The van der Waals surface area contributed by atoms with Crippen LogP contribution in [0.4, 0.5) is 4.39 Å². The molecule has 8 nitrogen and oxygen atoms in total. The van der Waals surface area contributed by atoms with Gasteiger partial charge in [0.2, 0.25) is 5.91 Å². The van der Waals surface area contributed by atoms with Crippen molar-refractivity contribution in [1.82, 2.24) is 15.1 Å². The predicted octanol–water partition coefficient (Wildman–Crippen LogP) is 2.90.